The van der Waals surface area contributed by atoms with Gasteiger partial charge in [-0.15, -0.1) is 22.2 Å². The number of hydrogen-bond donors (Lipinski definition) is 0. The molecule has 0 aliphatic heterocycles. The minimum absolute atomic E-state index is 0.347. The number of ether oxygens (including phenoxy) is 1. The smallest absolute Gasteiger partial charge is 0.333 e. The van der Waals surface area contributed by atoms with E-state index in [0.29, 0.717) is 18.0 Å². The zero-order chi connectivity index (χ0) is 11.4. The summed E-state index contributed by atoms with van der Waals surface area (Å²) in [5.41, 5.74) is 0.0257. The first-order valence-corrected chi connectivity index (χ1v) is 8.90. The summed E-state index contributed by atoms with van der Waals surface area (Å²) in [7, 11) is 0. The van der Waals surface area contributed by atoms with E-state index < -0.39 is 12.7 Å². The maximum absolute atomic E-state index is 11.3. The third-order valence-corrected chi connectivity index (χ3v) is 7.39. The Bertz CT molecular complexity index is 229. The van der Waals surface area contributed by atoms with Gasteiger partial charge in [-0.1, -0.05) is 20.4 Å². The van der Waals surface area contributed by atoms with Crippen molar-refractivity contribution in [2.75, 3.05) is 0 Å². The quantitative estimate of drug-likeness (QED) is 0.326. The lowest BCUT2D eigenvalue weighted by molar-refractivity contribution is -0.141. The van der Waals surface area contributed by atoms with Crippen LogP contribution in [-0.2, 0) is 9.53 Å². The Kier molecular flexibility index (Phi) is 5.79. The summed E-state index contributed by atoms with van der Waals surface area (Å²) in [5.74, 6) is -0.413. The Balaban J connectivity index is 4.44. The predicted molar refractivity (Wildman–Crippen MR) is 62.9 cm³/mol. The van der Waals surface area contributed by atoms with Crippen LogP contribution in [0.3, 0.4) is 0 Å². The molecule has 0 rings (SSSR count). The molecule has 0 aliphatic rings. The molecule has 0 spiro atoms. The van der Waals surface area contributed by atoms with Gasteiger partial charge in [-0.2, -0.15) is 0 Å². The lowest BCUT2D eigenvalue weighted by Crippen LogP contribution is -2.39. The number of rotatable bonds is 5. The largest absolute Gasteiger partial charge is 0.460 e. The van der Waals surface area contributed by atoms with E-state index in [4.69, 9.17) is 26.9 Å². The summed E-state index contributed by atoms with van der Waals surface area (Å²) in [5, 5.41) is 0. The second-order valence-electron chi connectivity index (χ2n) is 3.20. The molecule has 0 aromatic carbocycles. The SMILES string of the molecule is C=C(C)C(=O)OC(CC)[Si](Cl)(Cl)CC. The number of hydrogen-bond acceptors (Lipinski definition) is 2. The maximum Gasteiger partial charge on any atom is 0.333 e. The van der Waals surface area contributed by atoms with Crippen molar-refractivity contribution in [3.8, 4) is 0 Å². The molecule has 0 saturated heterocycles. The Morgan fingerprint density at radius 3 is 2.29 bits per heavy atom. The van der Waals surface area contributed by atoms with Crippen molar-refractivity contribution in [1.82, 2.24) is 0 Å². The van der Waals surface area contributed by atoms with Gasteiger partial charge in [0.15, 0.2) is 0 Å². The van der Waals surface area contributed by atoms with Gasteiger partial charge in [0.1, 0.15) is 5.73 Å². The molecule has 0 N–H and O–H groups in total. The second-order valence-corrected chi connectivity index (χ2v) is 10.7. The lowest BCUT2D eigenvalue weighted by Gasteiger charge is -2.25. The van der Waals surface area contributed by atoms with Gasteiger partial charge < -0.3 is 4.74 Å². The van der Waals surface area contributed by atoms with Crippen LogP contribution in [-0.4, -0.2) is 18.4 Å². The molecule has 0 aliphatic carbocycles. The molecular weight excluding hydrogens is 239 g/mol. The molecule has 1 unspecified atom stereocenters. The minimum Gasteiger partial charge on any atom is -0.460 e. The van der Waals surface area contributed by atoms with Crippen LogP contribution in [0.1, 0.15) is 27.2 Å². The van der Waals surface area contributed by atoms with Gasteiger partial charge >= 0.3 is 5.97 Å². The van der Waals surface area contributed by atoms with Gasteiger partial charge in [-0.25, -0.2) is 4.79 Å². The van der Waals surface area contributed by atoms with Gasteiger partial charge in [0.05, 0.1) is 0 Å². The summed E-state index contributed by atoms with van der Waals surface area (Å²) in [6.07, 6.45) is 0.645. The van der Waals surface area contributed by atoms with Gasteiger partial charge in [0, 0.05) is 5.57 Å². The van der Waals surface area contributed by atoms with E-state index in [1.165, 1.54) is 0 Å². The Labute approximate surface area is 95.6 Å². The summed E-state index contributed by atoms with van der Waals surface area (Å²) >= 11 is 12.3. The second kappa shape index (κ2) is 5.78. The van der Waals surface area contributed by atoms with Crippen LogP contribution < -0.4 is 0 Å². The van der Waals surface area contributed by atoms with Crippen LogP contribution in [0.25, 0.3) is 0 Å². The molecule has 0 saturated carbocycles. The highest BCUT2D eigenvalue weighted by molar-refractivity contribution is 7.45. The molecule has 2 nitrogen and oxygen atoms in total. The molecule has 0 fully saturated rings. The van der Waals surface area contributed by atoms with Crippen LogP contribution in [0, 0.1) is 0 Å². The van der Waals surface area contributed by atoms with Crippen molar-refractivity contribution in [3.05, 3.63) is 12.2 Å². The molecule has 0 amide bonds. The first-order valence-electron chi connectivity index (χ1n) is 4.59. The van der Waals surface area contributed by atoms with Crippen molar-refractivity contribution in [1.29, 1.82) is 0 Å². The first kappa shape index (κ1) is 14.0. The molecule has 14 heavy (non-hydrogen) atoms. The van der Waals surface area contributed by atoms with Gasteiger partial charge in [0.25, 0.3) is 6.69 Å². The molecule has 82 valence electrons. The Morgan fingerprint density at radius 1 is 1.50 bits per heavy atom. The zero-order valence-corrected chi connectivity index (χ0v) is 11.3. The van der Waals surface area contributed by atoms with E-state index >= 15 is 0 Å². The van der Waals surface area contributed by atoms with Crippen molar-refractivity contribution in [2.24, 2.45) is 0 Å². The van der Waals surface area contributed by atoms with Crippen molar-refractivity contribution in [2.45, 2.75) is 39.0 Å². The fourth-order valence-corrected chi connectivity index (χ4v) is 3.45. The number of carbonyl (C=O) groups excluding carboxylic acids is 1. The minimum atomic E-state index is -2.46. The van der Waals surface area contributed by atoms with Crippen LogP contribution in [0.4, 0.5) is 0 Å². The Hall–Kier alpha value is 0.00688. The molecule has 0 heterocycles. The predicted octanol–water partition coefficient (Wildman–Crippen LogP) is 3.36. The normalized spacial score (nSPS) is 13.5. The number of carbonyl (C=O) groups is 1. The summed E-state index contributed by atoms with van der Waals surface area (Å²) in [6.45, 7) is 6.46. The van der Waals surface area contributed by atoms with E-state index in [9.17, 15) is 4.79 Å². The van der Waals surface area contributed by atoms with E-state index in [1.807, 2.05) is 13.8 Å². The highest BCUT2D eigenvalue weighted by Gasteiger charge is 2.38. The van der Waals surface area contributed by atoms with Crippen LogP contribution >= 0.6 is 22.2 Å². The van der Waals surface area contributed by atoms with Gasteiger partial charge in [-0.3, -0.25) is 0 Å². The Morgan fingerprint density at radius 2 is 2.00 bits per heavy atom. The van der Waals surface area contributed by atoms with Crippen LogP contribution in [0.2, 0.25) is 6.04 Å². The average Bonchev–Trinajstić information content (AvgIpc) is 2.13. The van der Waals surface area contributed by atoms with E-state index in [1.54, 1.807) is 6.92 Å². The van der Waals surface area contributed by atoms with E-state index in [-0.39, 0.29) is 5.73 Å². The molecular formula is C9H16Cl2O2Si. The average molecular weight is 255 g/mol. The lowest BCUT2D eigenvalue weighted by atomic mass is 10.4. The highest BCUT2D eigenvalue weighted by atomic mass is 35.7. The molecule has 5 heteroatoms. The number of esters is 1. The zero-order valence-electron chi connectivity index (χ0n) is 8.77. The van der Waals surface area contributed by atoms with Crippen molar-refractivity contribution >= 4 is 34.8 Å². The number of halogens is 2. The molecule has 0 aromatic heterocycles. The van der Waals surface area contributed by atoms with Gasteiger partial charge in [-0.05, 0) is 19.4 Å². The van der Waals surface area contributed by atoms with Crippen LogP contribution in [0.5, 0.6) is 0 Å². The van der Waals surface area contributed by atoms with E-state index in [2.05, 4.69) is 6.58 Å². The molecule has 1 atom stereocenters. The first-order chi connectivity index (χ1) is 6.35. The maximum atomic E-state index is 11.3. The topological polar surface area (TPSA) is 26.3 Å². The third kappa shape index (κ3) is 4.03. The molecule has 0 aromatic rings. The standard InChI is InChI=1S/C9H16Cl2O2Si/c1-5-8(14(10,11)6-2)13-9(12)7(3)4/h8H,3,5-6H2,1-2,4H3. The summed E-state index contributed by atoms with van der Waals surface area (Å²) in [6, 6.07) is 0.665. The fraction of sp³-hybridized carbons (Fsp3) is 0.667. The third-order valence-electron chi connectivity index (χ3n) is 1.91. The van der Waals surface area contributed by atoms with Crippen LogP contribution in [0.15, 0.2) is 12.2 Å². The summed E-state index contributed by atoms with van der Waals surface area (Å²) < 4.78 is 5.18. The highest BCUT2D eigenvalue weighted by Crippen LogP contribution is 2.28. The molecule has 0 radical (unpaired) electrons. The van der Waals surface area contributed by atoms with Crippen molar-refractivity contribution < 1.29 is 9.53 Å². The van der Waals surface area contributed by atoms with Crippen molar-refractivity contribution in [3.63, 3.8) is 0 Å². The van der Waals surface area contributed by atoms with Gasteiger partial charge in [0.2, 0.25) is 0 Å². The monoisotopic (exact) mass is 254 g/mol. The fourth-order valence-electron chi connectivity index (χ4n) is 0.926. The van der Waals surface area contributed by atoms with E-state index in [0.717, 1.165) is 0 Å². The molecule has 0 bridgehead atoms. The summed E-state index contributed by atoms with van der Waals surface area (Å²) in [4.78, 5) is 11.3.